The highest BCUT2D eigenvalue weighted by atomic mass is 32.2. The van der Waals surface area contributed by atoms with Crippen molar-refractivity contribution in [1.82, 2.24) is 13.9 Å². The zero-order valence-corrected chi connectivity index (χ0v) is 45.2. The lowest BCUT2D eigenvalue weighted by atomic mass is 9.68. The monoisotopic (exact) mass is 1060 g/mol. The van der Waals surface area contributed by atoms with E-state index in [0.717, 1.165) is 9.88 Å². The highest BCUT2D eigenvalue weighted by molar-refractivity contribution is 7.87. The first kappa shape index (κ1) is 59.1. The number of carbonyl (C=O) groups is 6. The second-order valence-electron chi connectivity index (χ2n) is 22.0. The largest absolute Gasteiger partial charge is 0.460 e. The topological polar surface area (TPSA) is 262 Å². The lowest BCUT2D eigenvalue weighted by molar-refractivity contribution is -0.263. The molecule has 9 unspecified atom stereocenters. The van der Waals surface area contributed by atoms with Crippen LogP contribution in [0.3, 0.4) is 0 Å². The van der Waals surface area contributed by atoms with Crippen molar-refractivity contribution in [2.24, 2.45) is 41.4 Å². The molecule has 16 atom stereocenters. The molecule has 1 saturated carbocycles. The molecule has 0 aromatic carbocycles. The van der Waals surface area contributed by atoms with Crippen LogP contribution in [0, 0.1) is 41.4 Å². The number of nitrogens with zero attached hydrogens (tertiary/aromatic N) is 2. The molecule has 0 aromatic heterocycles. The van der Waals surface area contributed by atoms with E-state index in [4.69, 9.17) is 23.7 Å². The van der Waals surface area contributed by atoms with Crippen molar-refractivity contribution in [1.29, 1.82) is 0 Å². The van der Waals surface area contributed by atoms with Crippen LogP contribution in [-0.2, 0) is 57.9 Å². The van der Waals surface area contributed by atoms with Crippen molar-refractivity contribution in [2.45, 2.75) is 180 Å². The van der Waals surface area contributed by atoms with Gasteiger partial charge >= 0.3 is 22.3 Å². The van der Waals surface area contributed by atoms with Gasteiger partial charge in [0.1, 0.15) is 36.2 Å². The molecular formula is C54H81N3O16S. The standard InChI is InChI=1S/C54H81N3O16S/c1-31-13-10-9-11-14-32(2)25-34(4)47(60)49(70-8)48(61)35(5)26-33(3)42(59)29-44-41(27-37-18-21-43(45(28-37)69-7)72-53(65)55-74(67,68)56-24-22-38(58)30-56)40-15-12-23-57(46(40)52(64)71-44)51(63)50(62)54(66)36(6)17-20-39(73-54)19-16-31/h9-11,13-14,26,32-34,36-41,43-46,48-49,58,61,66H,12,15-25,27-30H2,1-8H3,(H,55,65)/b10-9+,14-11+,31-13+,35-26+/t32-,33-,34?,36?,37?,38?,39-,40?,41+,43-,44+,45?,46?,48?,49+,54?/m1/s1. The van der Waals surface area contributed by atoms with Gasteiger partial charge in [-0.15, -0.1) is 0 Å². The van der Waals surface area contributed by atoms with E-state index in [-0.39, 0.29) is 62.3 Å². The lowest BCUT2D eigenvalue weighted by Gasteiger charge is -2.50. The highest BCUT2D eigenvalue weighted by Crippen LogP contribution is 2.45. The minimum Gasteiger partial charge on any atom is -0.460 e. The summed E-state index contributed by atoms with van der Waals surface area (Å²) in [7, 11) is -1.46. The van der Waals surface area contributed by atoms with E-state index in [1.807, 2.05) is 48.9 Å². The Morgan fingerprint density at radius 1 is 0.892 bits per heavy atom. The smallest absolute Gasteiger partial charge is 0.422 e. The molecule has 6 rings (SSSR count). The molecule has 4 saturated heterocycles. The average Bonchev–Trinajstić information content (AvgIpc) is 3.81. The number of ketones is 3. The third-order valence-corrected chi connectivity index (χ3v) is 17.9. The Hall–Kier alpha value is -4.15. The predicted molar refractivity (Wildman–Crippen MR) is 271 cm³/mol. The SMILES string of the molecule is COC1CC(C[C@H]2C3CCCN4C(=O)C(=O)C5(O)O[C@H](CC/C(C)=C/C=C/C=C/[C@@H](C)CC(C)C(=O)[C@H](OC)C(O)/C(C)=C/[C@@H](C)C(=O)C[C@@H]2OC(=O)C34)CCC5C)CC[C@H]1OC(=O)NS(=O)(=O)N1CCC(O)C1. The number of carbonyl (C=O) groups excluding carboxylic acids is 6. The predicted octanol–water partition coefficient (Wildman–Crippen LogP) is 4.82. The minimum atomic E-state index is -4.27. The summed E-state index contributed by atoms with van der Waals surface area (Å²) in [6.45, 7) is 10.6. The van der Waals surface area contributed by atoms with Crippen molar-refractivity contribution in [2.75, 3.05) is 33.9 Å². The number of esters is 1. The molecule has 0 radical (unpaired) electrons. The quantitative estimate of drug-likeness (QED) is 0.151. The van der Waals surface area contributed by atoms with Crippen LogP contribution in [-0.4, -0.2) is 157 Å². The lowest BCUT2D eigenvalue weighted by Crippen LogP contribution is -2.65. The molecule has 6 aliphatic rings. The number of amides is 2. The number of hydrogen-bond donors (Lipinski definition) is 4. The molecule has 2 amide bonds. The zero-order chi connectivity index (χ0) is 54.2. The third kappa shape index (κ3) is 14.3. The van der Waals surface area contributed by atoms with Crippen molar-refractivity contribution < 1.29 is 76.2 Å². The number of aliphatic hydroxyl groups excluding tert-OH is 2. The average molecular weight is 1060 g/mol. The third-order valence-electron chi connectivity index (χ3n) is 16.4. The molecule has 74 heavy (non-hydrogen) atoms. The molecule has 1 aliphatic carbocycles. The number of fused-ring (bicyclic) bond motifs is 4. The van der Waals surface area contributed by atoms with Crippen LogP contribution in [0.15, 0.2) is 47.6 Å². The van der Waals surface area contributed by atoms with E-state index in [0.29, 0.717) is 69.8 Å². The van der Waals surface area contributed by atoms with E-state index >= 15 is 0 Å². The van der Waals surface area contributed by atoms with Crippen LogP contribution < -0.4 is 4.72 Å². The van der Waals surface area contributed by atoms with Gasteiger partial charge in [0.05, 0.1) is 18.3 Å². The zero-order valence-electron chi connectivity index (χ0n) is 44.4. The van der Waals surface area contributed by atoms with E-state index in [9.17, 15) is 52.5 Å². The maximum absolute atomic E-state index is 14.5. The van der Waals surface area contributed by atoms with Crippen LogP contribution in [0.25, 0.3) is 0 Å². The summed E-state index contributed by atoms with van der Waals surface area (Å²) >= 11 is 0. The Labute approximate surface area is 436 Å². The number of Topliss-reactive ketones (excluding diaryl/α,β-unsaturated/α-hetero) is 3. The van der Waals surface area contributed by atoms with E-state index in [1.54, 1.807) is 33.8 Å². The molecule has 4 bridgehead atoms. The molecule has 5 fully saturated rings. The van der Waals surface area contributed by atoms with E-state index in [1.165, 1.54) is 19.1 Å². The molecule has 5 aliphatic heterocycles. The highest BCUT2D eigenvalue weighted by Gasteiger charge is 2.57. The van der Waals surface area contributed by atoms with Crippen molar-refractivity contribution >= 4 is 45.5 Å². The summed E-state index contributed by atoms with van der Waals surface area (Å²) < 4.78 is 58.0. The van der Waals surface area contributed by atoms with Gasteiger partial charge in [0.25, 0.3) is 11.7 Å². The maximum atomic E-state index is 14.5. The van der Waals surface area contributed by atoms with Gasteiger partial charge in [0, 0.05) is 63.9 Å². The summed E-state index contributed by atoms with van der Waals surface area (Å²) in [6, 6.07) is -1.22. The number of hydrogen-bond acceptors (Lipinski definition) is 16. The van der Waals surface area contributed by atoms with Crippen LogP contribution in [0.1, 0.15) is 125 Å². The Balaban J connectivity index is 1.28. The Kier molecular flexibility index (Phi) is 20.6. The number of rotatable bonds is 7. The van der Waals surface area contributed by atoms with E-state index in [2.05, 4.69) is 0 Å². The first-order valence-corrected chi connectivity index (χ1v) is 28.0. The molecule has 0 aromatic rings. The number of piperidine rings is 1. The van der Waals surface area contributed by atoms with Crippen LogP contribution in [0.2, 0.25) is 0 Å². The van der Waals surface area contributed by atoms with Gasteiger partial charge in [0.15, 0.2) is 5.78 Å². The number of methoxy groups -OCH3 is 2. The van der Waals surface area contributed by atoms with Gasteiger partial charge < -0.3 is 43.9 Å². The summed E-state index contributed by atoms with van der Waals surface area (Å²) in [6.07, 6.45) is 8.54. The first-order chi connectivity index (χ1) is 35.0. The number of ether oxygens (including phenoxy) is 5. The Morgan fingerprint density at radius 2 is 1.64 bits per heavy atom. The second-order valence-corrected chi connectivity index (χ2v) is 23.7. The molecular weight excluding hydrogens is 979 g/mol. The molecule has 414 valence electrons. The normalized spacial score (nSPS) is 40.3. The van der Waals surface area contributed by atoms with Gasteiger partial charge in [-0.05, 0) is 114 Å². The fourth-order valence-corrected chi connectivity index (χ4v) is 13.1. The molecule has 5 heterocycles. The van der Waals surface area contributed by atoms with E-state index < -0.39 is 118 Å². The van der Waals surface area contributed by atoms with Crippen molar-refractivity contribution in [3.63, 3.8) is 0 Å². The van der Waals surface area contributed by atoms with Gasteiger partial charge in [0.2, 0.25) is 5.79 Å². The Bertz CT molecular complexity index is 2280. The maximum Gasteiger partial charge on any atom is 0.422 e. The van der Waals surface area contributed by atoms with Crippen molar-refractivity contribution in [3.8, 4) is 0 Å². The van der Waals surface area contributed by atoms with Gasteiger partial charge in [-0.2, -0.15) is 12.7 Å². The van der Waals surface area contributed by atoms with Crippen LogP contribution >= 0.6 is 0 Å². The fourth-order valence-electron chi connectivity index (χ4n) is 12.0. The van der Waals surface area contributed by atoms with Gasteiger partial charge in [-0.25, -0.2) is 14.3 Å². The summed E-state index contributed by atoms with van der Waals surface area (Å²) in [4.78, 5) is 85.5. The van der Waals surface area contributed by atoms with Crippen LogP contribution in [0.4, 0.5) is 4.79 Å². The summed E-state index contributed by atoms with van der Waals surface area (Å²) in [5, 5.41) is 33.4. The molecule has 4 N–H and O–H groups in total. The second kappa shape index (κ2) is 25.8. The molecule has 0 spiro atoms. The van der Waals surface area contributed by atoms with Crippen molar-refractivity contribution in [3.05, 3.63) is 47.6 Å². The first-order valence-electron chi connectivity index (χ1n) is 26.6. The number of β-amino-alcohol motifs (C(OH)–C–C–N with tert-alkyl or cyclic N) is 1. The summed E-state index contributed by atoms with van der Waals surface area (Å²) in [5.41, 5.74) is 1.38. The summed E-state index contributed by atoms with van der Waals surface area (Å²) in [5.74, 6) is -9.26. The molecule has 19 nitrogen and oxygen atoms in total. The minimum absolute atomic E-state index is 0.0150. The van der Waals surface area contributed by atoms with Gasteiger partial charge in [-0.1, -0.05) is 69.7 Å². The fraction of sp³-hybridized carbons (Fsp3) is 0.741. The number of nitrogens with one attached hydrogen (secondary N) is 1. The number of allylic oxidation sites excluding steroid dienone is 7. The molecule has 20 heteroatoms. The van der Waals surface area contributed by atoms with Crippen LogP contribution in [0.5, 0.6) is 0 Å². The Morgan fingerprint density at radius 3 is 2.32 bits per heavy atom. The number of aliphatic hydroxyl groups is 3. The van der Waals surface area contributed by atoms with Gasteiger partial charge in [-0.3, -0.25) is 19.2 Å².